The number of carbonyl (C=O) groups excluding carboxylic acids is 1. The molecule has 0 bridgehead atoms. The third-order valence-corrected chi connectivity index (χ3v) is 4.43. The highest BCUT2D eigenvalue weighted by Gasteiger charge is 2.27. The molecule has 0 N–H and O–H groups in total. The maximum Gasteiger partial charge on any atom is 0.289 e. The molecule has 0 atom stereocenters. The fourth-order valence-electron chi connectivity index (χ4n) is 2.83. The Labute approximate surface area is 143 Å². The second-order valence-electron chi connectivity index (χ2n) is 5.50. The summed E-state index contributed by atoms with van der Waals surface area (Å²) in [6.45, 7) is 0.561. The summed E-state index contributed by atoms with van der Waals surface area (Å²) in [6, 6.07) is 5.94. The molecule has 0 unspecified atom stereocenters. The zero-order valence-electron chi connectivity index (χ0n) is 12.3. The van der Waals surface area contributed by atoms with E-state index in [1.54, 1.807) is 12.1 Å². The van der Waals surface area contributed by atoms with Crippen LogP contribution in [-0.2, 0) is 13.0 Å². The van der Waals surface area contributed by atoms with E-state index in [0.717, 1.165) is 6.20 Å². The predicted octanol–water partition coefficient (Wildman–Crippen LogP) is 2.39. The Morgan fingerprint density at radius 1 is 1.29 bits per heavy atom. The zero-order chi connectivity index (χ0) is 16.8. The average molecular weight is 392 g/mol. The molecule has 6 nitrogen and oxygen atoms in total. The molecule has 0 aliphatic carbocycles. The number of hydrogen-bond acceptors (Lipinski definition) is 4. The van der Waals surface area contributed by atoms with E-state index in [9.17, 15) is 14.0 Å². The van der Waals surface area contributed by atoms with Gasteiger partial charge >= 0.3 is 0 Å². The van der Waals surface area contributed by atoms with Gasteiger partial charge in [-0.25, -0.2) is 9.37 Å². The first-order valence-electron chi connectivity index (χ1n) is 7.27. The number of furan rings is 1. The van der Waals surface area contributed by atoms with E-state index < -0.39 is 5.82 Å². The van der Waals surface area contributed by atoms with Crippen LogP contribution in [0.4, 0.5) is 4.39 Å². The molecule has 4 rings (SSSR count). The molecule has 4 heterocycles. The van der Waals surface area contributed by atoms with Gasteiger partial charge in [0.1, 0.15) is 11.5 Å². The Kier molecular flexibility index (Phi) is 3.49. The number of halogens is 2. The monoisotopic (exact) mass is 391 g/mol. The van der Waals surface area contributed by atoms with Crippen molar-refractivity contribution >= 4 is 27.5 Å². The Morgan fingerprint density at radius 2 is 2.12 bits per heavy atom. The highest BCUT2D eigenvalue weighted by atomic mass is 79.9. The van der Waals surface area contributed by atoms with Crippen LogP contribution in [0.15, 0.2) is 44.3 Å². The number of carbonyl (C=O) groups is 1. The number of nitrogens with zero attached hydrogens (tertiary/aromatic N) is 3. The quantitative estimate of drug-likeness (QED) is 0.638. The van der Waals surface area contributed by atoms with E-state index in [0.29, 0.717) is 34.5 Å². The Morgan fingerprint density at radius 3 is 2.88 bits per heavy atom. The molecule has 0 fully saturated rings. The van der Waals surface area contributed by atoms with Gasteiger partial charge in [0.15, 0.2) is 10.4 Å². The number of fused-ring (bicyclic) bond motifs is 2. The normalized spacial score (nSPS) is 14.0. The molecule has 1 aliphatic heterocycles. The van der Waals surface area contributed by atoms with Gasteiger partial charge in [-0.3, -0.25) is 14.0 Å². The number of hydrogen-bond donors (Lipinski definition) is 0. The summed E-state index contributed by atoms with van der Waals surface area (Å²) in [7, 11) is 0. The fourth-order valence-corrected chi connectivity index (χ4v) is 3.14. The molecule has 0 aromatic carbocycles. The summed E-state index contributed by atoms with van der Waals surface area (Å²) in [5.41, 5.74) is 1.10. The first-order valence-corrected chi connectivity index (χ1v) is 8.06. The van der Waals surface area contributed by atoms with E-state index in [-0.39, 0.29) is 23.8 Å². The summed E-state index contributed by atoms with van der Waals surface area (Å²) >= 11 is 3.16. The highest BCUT2D eigenvalue weighted by Crippen LogP contribution is 2.20. The lowest BCUT2D eigenvalue weighted by Gasteiger charge is -2.27. The van der Waals surface area contributed by atoms with Crippen LogP contribution >= 0.6 is 15.9 Å². The van der Waals surface area contributed by atoms with Crippen molar-refractivity contribution in [3.8, 4) is 0 Å². The summed E-state index contributed by atoms with van der Waals surface area (Å²) in [5.74, 6) is -0.615. The molecule has 0 saturated carbocycles. The molecule has 8 heteroatoms. The first kappa shape index (κ1) is 15.1. The lowest BCUT2D eigenvalue weighted by molar-refractivity contribution is 0.0699. The van der Waals surface area contributed by atoms with Crippen LogP contribution in [-0.4, -0.2) is 26.7 Å². The fraction of sp³-hybridized carbons (Fsp3) is 0.188. The van der Waals surface area contributed by atoms with Gasteiger partial charge in [-0.15, -0.1) is 0 Å². The Hall–Kier alpha value is -2.48. The van der Waals surface area contributed by atoms with Gasteiger partial charge < -0.3 is 9.32 Å². The Balaban J connectivity index is 1.74. The van der Waals surface area contributed by atoms with E-state index in [4.69, 9.17) is 4.42 Å². The lowest BCUT2D eigenvalue weighted by Crippen LogP contribution is -2.40. The molecule has 24 heavy (non-hydrogen) atoms. The number of pyridine rings is 1. The minimum absolute atomic E-state index is 0.123. The van der Waals surface area contributed by atoms with E-state index in [1.165, 1.54) is 21.4 Å². The second-order valence-corrected chi connectivity index (χ2v) is 6.28. The van der Waals surface area contributed by atoms with E-state index in [2.05, 4.69) is 20.9 Å². The van der Waals surface area contributed by atoms with Gasteiger partial charge in [0, 0.05) is 19.2 Å². The minimum atomic E-state index is -0.518. The molecule has 3 aromatic heterocycles. The molecule has 0 saturated heterocycles. The van der Waals surface area contributed by atoms with Gasteiger partial charge in [-0.05, 0) is 40.2 Å². The van der Waals surface area contributed by atoms with Crippen molar-refractivity contribution in [2.45, 2.75) is 13.0 Å². The van der Waals surface area contributed by atoms with Crippen LogP contribution < -0.4 is 5.56 Å². The highest BCUT2D eigenvalue weighted by molar-refractivity contribution is 9.10. The van der Waals surface area contributed by atoms with Crippen molar-refractivity contribution in [1.82, 2.24) is 14.3 Å². The molecule has 3 aromatic rings. The van der Waals surface area contributed by atoms with Crippen LogP contribution in [0.3, 0.4) is 0 Å². The maximum atomic E-state index is 13.4. The van der Waals surface area contributed by atoms with Crippen molar-refractivity contribution in [2.24, 2.45) is 0 Å². The molecule has 0 spiro atoms. The third kappa shape index (κ3) is 2.43. The van der Waals surface area contributed by atoms with Crippen molar-refractivity contribution in [2.75, 3.05) is 6.54 Å². The number of rotatable bonds is 1. The second kappa shape index (κ2) is 5.55. The molecular weight excluding hydrogens is 381 g/mol. The van der Waals surface area contributed by atoms with Crippen molar-refractivity contribution < 1.29 is 13.6 Å². The average Bonchev–Trinajstić information content (AvgIpc) is 3.01. The number of aromatic nitrogens is 2. The Bertz CT molecular complexity index is 1030. The maximum absolute atomic E-state index is 13.4. The SMILES string of the molecule is O=C(c1ccc(Br)o1)N1CCc2nc3ccc(F)cn3c(=O)c2C1. The van der Waals surface area contributed by atoms with Crippen LogP contribution in [0.5, 0.6) is 0 Å². The van der Waals surface area contributed by atoms with Crippen LogP contribution in [0.2, 0.25) is 0 Å². The first-order chi connectivity index (χ1) is 11.5. The van der Waals surface area contributed by atoms with Gasteiger partial charge in [-0.1, -0.05) is 0 Å². The van der Waals surface area contributed by atoms with Crippen LogP contribution in [0.25, 0.3) is 5.65 Å². The lowest BCUT2D eigenvalue weighted by atomic mass is 10.1. The van der Waals surface area contributed by atoms with Crippen molar-refractivity contribution in [3.63, 3.8) is 0 Å². The third-order valence-electron chi connectivity index (χ3n) is 4.00. The van der Waals surface area contributed by atoms with Gasteiger partial charge in [0.05, 0.1) is 17.8 Å². The van der Waals surface area contributed by atoms with Crippen molar-refractivity contribution in [1.29, 1.82) is 0 Å². The summed E-state index contributed by atoms with van der Waals surface area (Å²) in [5, 5.41) is 0. The summed E-state index contributed by atoms with van der Waals surface area (Å²) in [4.78, 5) is 31.0. The molecule has 1 amide bonds. The van der Waals surface area contributed by atoms with E-state index in [1.807, 2.05) is 0 Å². The topological polar surface area (TPSA) is 67.8 Å². The van der Waals surface area contributed by atoms with Gasteiger partial charge in [0.2, 0.25) is 0 Å². The van der Waals surface area contributed by atoms with Gasteiger partial charge in [-0.2, -0.15) is 0 Å². The smallest absolute Gasteiger partial charge is 0.289 e. The molecule has 122 valence electrons. The standard InChI is InChI=1S/C16H11BrFN3O3/c17-13-3-2-12(24-13)16(23)20-6-5-11-10(8-20)15(22)21-7-9(18)1-4-14(21)19-11/h1-4,7H,5-6,8H2. The largest absolute Gasteiger partial charge is 0.444 e. The predicted molar refractivity (Wildman–Crippen MR) is 86.3 cm³/mol. The van der Waals surface area contributed by atoms with Crippen molar-refractivity contribution in [3.05, 3.63) is 68.3 Å². The van der Waals surface area contributed by atoms with Crippen LogP contribution in [0, 0.1) is 5.82 Å². The molecule has 0 radical (unpaired) electrons. The van der Waals surface area contributed by atoms with Gasteiger partial charge in [0.25, 0.3) is 11.5 Å². The minimum Gasteiger partial charge on any atom is -0.444 e. The number of amides is 1. The molecule has 1 aliphatic rings. The molecular formula is C16H11BrFN3O3. The van der Waals surface area contributed by atoms with E-state index >= 15 is 0 Å². The zero-order valence-corrected chi connectivity index (χ0v) is 13.9. The summed E-state index contributed by atoms with van der Waals surface area (Å²) in [6.07, 6.45) is 1.57. The summed E-state index contributed by atoms with van der Waals surface area (Å²) < 4.78 is 20.3. The van der Waals surface area contributed by atoms with Crippen LogP contribution in [0.1, 0.15) is 21.8 Å².